The molecule has 3 atom stereocenters. The van der Waals surface area contributed by atoms with Crippen LogP contribution in [0, 0.1) is 0 Å². The summed E-state index contributed by atoms with van der Waals surface area (Å²) in [5, 5.41) is 3.09. The molecule has 0 radical (unpaired) electrons. The van der Waals surface area contributed by atoms with Crippen LogP contribution >= 0.6 is 0 Å². The summed E-state index contributed by atoms with van der Waals surface area (Å²) in [6.07, 6.45) is 19.9. The van der Waals surface area contributed by atoms with Gasteiger partial charge < -0.3 is 5.32 Å². The third-order valence-electron chi connectivity index (χ3n) is 5.79. The second-order valence-electron chi connectivity index (χ2n) is 7.75. The number of nitrogens with one attached hydrogen (secondary N) is 1. The molecule has 4 heteroatoms. The molecule has 150 valence electrons. The Balaban J connectivity index is 2.22. The maximum atomic E-state index is 11.5. The molecule has 0 aromatic carbocycles. The van der Waals surface area contributed by atoms with Crippen LogP contribution in [0.25, 0.3) is 0 Å². The van der Waals surface area contributed by atoms with E-state index in [1.807, 2.05) is 0 Å². The van der Waals surface area contributed by atoms with Crippen molar-refractivity contribution in [2.45, 2.75) is 104 Å². The van der Waals surface area contributed by atoms with Crippen LogP contribution in [0.2, 0.25) is 0 Å². The molecule has 1 amide bonds. The van der Waals surface area contributed by atoms with Gasteiger partial charge in [0.1, 0.15) is 6.54 Å². The first-order chi connectivity index (χ1) is 12.6. The van der Waals surface area contributed by atoms with Crippen LogP contribution in [-0.2, 0) is 4.79 Å². The number of hydrogen-bond acceptors (Lipinski definition) is 2. The van der Waals surface area contributed by atoms with Gasteiger partial charge in [-0.3, -0.25) is 9.28 Å². The van der Waals surface area contributed by atoms with Crippen LogP contribution < -0.4 is 5.32 Å². The van der Waals surface area contributed by atoms with E-state index in [2.05, 4.69) is 44.5 Å². The van der Waals surface area contributed by atoms with Crippen LogP contribution in [0.4, 0.5) is 0 Å². The summed E-state index contributed by atoms with van der Waals surface area (Å²) in [4.78, 5) is 16.2. The molecule has 1 aliphatic heterocycles. The first kappa shape index (κ1) is 22.9. The Kier molecular flexibility index (Phi) is 11.5. The number of allylic oxidation sites excluding steroid dienone is 2. The van der Waals surface area contributed by atoms with E-state index in [-0.39, 0.29) is 12.1 Å². The molecule has 0 saturated heterocycles. The molecule has 0 saturated carbocycles. The molecule has 1 heterocycles. The van der Waals surface area contributed by atoms with E-state index in [1.54, 1.807) is 6.92 Å². The predicted octanol–water partition coefficient (Wildman–Crippen LogP) is 5.19. The molecule has 1 N–H and O–H groups in total. The summed E-state index contributed by atoms with van der Waals surface area (Å²) in [5.41, 5.74) is 0. The highest BCUT2D eigenvalue weighted by Crippen LogP contribution is 2.27. The second-order valence-corrected chi connectivity index (χ2v) is 7.75. The first-order valence-electron chi connectivity index (χ1n) is 10.9. The Bertz CT molecular complexity index is 447. The van der Waals surface area contributed by atoms with Crippen molar-refractivity contribution in [3.8, 4) is 0 Å². The van der Waals surface area contributed by atoms with E-state index in [1.165, 1.54) is 57.8 Å². The van der Waals surface area contributed by atoms with Crippen molar-refractivity contribution >= 4 is 12.1 Å². The molecule has 0 fully saturated rings. The standard InChI is InChI=1S/C22H41N3O/c1-5-7-8-9-10-11-12-13-14-15-16-17-22-23-18-19-25(22,6-2)20(3)24-21(4)26/h10-11,18,20,22H,5-9,12-17,19H2,1-4H3/p+1/b11-10+. The SMILES string of the molecule is CCCCC/C=C/CCCCCCC1N=CC[N+]1(CC)C(C)NC(C)=O. The molecule has 4 nitrogen and oxygen atoms in total. The normalized spacial score (nSPS) is 23.6. The van der Waals surface area contributed by atoms with Crippen molar-refractivity contribution in [1.29, 1.82) is 0 Å². The maximum Gasteiger partial charge on any atom is 0.221 e. The summed E-state index contributed by atoms with van der Waals surface area (Å²) in [6, 6.07) is 0. The average Bonchev–Trinajstić information content (AvgIpc) is 3.03. The predicted molar refractivity (Wildman–Crippen MR) is 112 cm³/mol. The minimum atomic E-state index is 0.0526. The van der Waals surface area contributed by atoms with Gasteiger partial charge in [0.15, 0.2) is 12.3 Å². The molecule has 3 unspecified atom stereocenters. The number of quaternary nitrogens is 1. The highest BCUT2D eigenvalue weighted by molar-refractivity contribution is 5.73. The van der Waals surface area contributed by atoms with Crippen LogP contribution in [0.15, 0.2) is 17.1 Å². The van der Waals surface area contributed by atoms with E-state index in [9.17, 15) is 4.79 Å². The number of unbranched alkanes of at least 4 members (excludes halogenated alkanes) is 7. The quantitative estimate of drug-likeness (QED) is 0.257. The fourth-order valence-corrected chi connectivity index (χ4v) is 4.05. The molecule has 0 aliphatic carbocycles. The highest BCUT2D eigenvalue weighted by atomic mass is 16.1. The largest absolute Gasteiger partial charge is 0.307 e. The zero-order chi connectivity index (χ0) is 19.3. The molecule has 1 rings (SSSR count). The Morgan fingerprint density at radius 2 is 1.81 bits per heavy atom. The Morgan fingerprint density at radius 1 is 1.15 bits per heavy atom. The number of carbonyl (C=O) groups is 1. The van der Waals surface area contributed by atoms with E-state index in [0.29, 0.717) is 6.17 Å². The summed E-state index contributed by atoms with van der Waals surface area (Å²) >= 11 is 0. The molecule has 0 aromatic heterocycles. The van der Waals surface area contributed by atoms with Crippen LogP contribution in [0.1, 0.15) is 91.9 Å². The van der Waals surface area contributed by atoms with Crippen LogP contribution in [0.3, 0.4) is 0 Å². The molecular weight excluding hydrogens is 322 g/mol. The molecule has 1 aliphatic rings. The van der Waals surface area contributed by atoms with Gasteiger partial charge in [0.2, 0.25) is 5.91 Å². The van der Waals surface area contributed by atoms with E-state index >= 15 is 0 Å². The highest BCUT2D eigenvalue weighted by Gasteiger charge is 2.42. The van der Waals surface area contributed by atoms with Crippen LogP contribution in [0.5, 0.6) is 0 Å². The van der Waals surface area contributed by atoms with Crippen molar-refractivity contribution in [2.24, 2.45) is 4.99 Å². The Hall–Kier alpha value is -1.16. The lowest BCUT2D eigenvalue weighted by atomic mass is 10.1. The lowest BCUT2D eigenvalue weighted by Gasteiger charge is -2.42. The van der Waals surface area contributed by atoms with E-state index < -0.39 is 0 Å². The van der Waals surface area contributed by atoms with Crippen molar-refractivity contribution in [3.05, 3.63) is 12.2 Å². The zero-order valence-electron chi connectivity index (χ0n) is 17.7. The smallest absolute Gasteiger partial charge is 0.221 e. The number of rotatable bonds is 14. The average molecular weight is 365 g/mol. The van der Waals surface area contributed by atoms with Gasteiger partial charge in [0.25, 0.3) is 0 Å². The van der Waals surface area contributed by atoms with Gasteiger partial charge in [-0.2, -0.15) is 0 Å². The van der Waals surface area contributed by atoms with Gasteiger partial charge >= 0.3 is 0 Å². The lowest BCUT2D eigenvalue weighted by molar-refractivity contribution is -0.959. The summed E-state index contributed by atoms with van der Waals surface area (Å²) in [6.45, 7) is 10.1. The number of amides is 1. The fourth-order valence-electron chi connectivity index (χ4n) is 4.05. The van der Waals surface area contributed by atoms with Crippen LogP contribution in [-0.4, -0.2) is 42.0 Å². The number of nitrogens with zero attached hydrogens (tertiary/aromatic N) is 2. The Morgan fingerprint density at radius 3 is 2.42 bits per heavy atom. The van der Waals surface area contributed by atoms with Gasteiger partial charge in [-0.05, 0) is 39.0 Å². The van der Waals surface area contributed by atoms with Crippen molar-refractivity contribution in [3.63, 3.8) is 0 Å². The molecule has 0 bridgehead atoms. The summed E-state index contributed by atoms with van der Waals surface area (Å²) in [7, 11) is 0. The topological polar surface area (TPSA) is 41.5 Å². The molecular formula is C22H42N3O+. The van der Waals surface area contributed by atoms with Gasteiger partial charge in [-0.25, -0.2) is 4.99 Å². The van der Waals surface area contributed by atoms with Crippen molar-refractivity contribution in [1.82, 2.24) is 5.32 Å². The minimum absolute atomic E-state index is 0.0526. The number of aliphatic imine (C=N–C) groups is 1. The van der Waals surface area contributed by atoms with Gasteiger partial charge in [-0.15, -0.1) is 0 Å². The lowest BCUT2D eigenvalue weighted by Crippen LogP contribution is -2.63. The number of carbonyl (C=O) groups excluding carboxylic acids is 1. The van der Waals surface area contributed by atoms with Gasteiger partial charge in [-0.1, -0.05) is 44.8 Å². The summed E-state index contributed by atoms with van der Waals surface area (Å²) in [5.74, 6) is 0.0526. The molecule has 0 spiro atoms. The fraction of sp³-hybridized carbons (Fsp3) is 0.818. The zero-order valence-corrected chi connectivity index (χ0v) is 17.7. The summed E-state index contributed by atoms with van der Waals surface area (Å²) < 4.78 is 0.875. The molecule has 26 heavy (non-hydrogen) atoms. The van der Waals surface area contributed by atoms with E-state index in [4.69, 9.17) is 4.99 Å². The monoisotopic (exact) mass is 364 g/mol. The number of hydrogen-bond donors (Lipinski definition) is 1. The Labute approximate surface area is 161 Å². The van der Waals surface area contributed by atoms with E-state index in [0.717, 1.165) is 24.0 Å². The van der Waals surface area contributed by atoms with Crippen molar-refractivity contribution in [2.75, 3.05) is 13.1 Å². The minimum Gasteiger partial charge on any atom is -0.307 e. The first-order valence-corrected chi connectivity index (χ1v) is 10.9. The second kappa shape index (κ2) is 13.1. The van der Waals surface area contributed by atoms with Gasteiger partial charge in [0.05, 0.1) is 12.8 Å². The maximum absolute atomic E-state index is 11.5. The molecule has 0 aromatic rings. The third-order valence-corrected chi connectivity index (χ3v) is 5.79. The third kappa shape index (κ3) is 7.61. The van der Waals surface area contributed by atoms with Gasteiger partial charge in [0, 0.05) is 20.3 Å². The van der Waals surface area contributed by atoms with Crippen molar-refractivity contribution < 1.29 is 9.28 Å².